The average molecular weight is 390 g/mol. The molecular weight excluding hydrogens is 368 g/mol. The van der Waals surface area contributed by atoms with Crippen molar-refractivity contribution in [3.63, 3.8) is 0 Å². The van der Waals surface area contributed by atoms with Crippen molar-refractivity contribution in [1.82, 2.24) is 0 Å². The molecule has 0 bridgehead atoms. The second-order valence-corrected chi connectivity index (χ2v) is 6.78. The number of aliphatic hydroxyl groups is 6. The molecule has 0 amide bonds. The molecule has 1 fully saturated rings. The second kappa shape index (κ2) is 7.45. The van der Waals surface area contributed by atoms with Crippen LogP contribution in [0.15, 0.2) is 24.0 Å². The molecule has 0 spiro atoms. The van der Waals surface area contributed by atoms with Crippen LogP contribution in [-0.4, -0.2) is 97.5 Å². The highest BCUT2D eigenvalue weighted by Crippen LogP contribution is 2.45. The first-order valence-corrected chi connectivity index (χ1v) is 8.31. The predicted molar refractivity (Wildman–Crippen MR) is 83.6 cm³/mol. The predicted octanol–water partition coefficient (Wildman–Crippen LogP) is -3.35. The van der Waals surface area contributed by atoms with E-state index >= 15 is 0 Å². The number of carboxylic acid groups (broad SMARTS) is 1. The van der Waals surface area contributed by atoms with Gasteiger partial charge in [-0.3, -0.25) is 0 Å². The quantitative estimate of drug-likeness (QED) is 0.233. The number of hydrogen-bond donors (Lipinski definition) is 7. The summed E-state index contributed by atoms with van der Waals surface area (Å²) in [6, 6.07) is 0. The fourth-order valence-corrected chi connectivity index (χ4v) is 3.60. The van der Waals surface area contributed by atoms with Crippen molar-refractivity contribution in [2.24, 2.45) is 11.8 Å². The molecule has 0 aromatic rings. The number of fused-ring (bicyclic) bond motifs is 1. The number of carbonyl (C=O) groups is 1. The fraction of sp³-hybridized carbons (Fsp3) is 0.688. The van der Waals surface area contributed by atoms with Gasteiger partial charge in [-0.05, 0) is 0 Å². The molecule has 1 aliphatic carbocycles. The van der Waals surface area contributed by atoms with E-state index < -0.39 is 73.6 Å². The zero-order valence-electron chi connectivity index (χ0n) is 14.0. The number of allylic oxidation sites excluding steroid dienone is 1. The maximum absolute atomic E-state index is 11.4. The first-order valence-electron chi connectivity index (χ1n) is 8.31. The maximum atomic E-state index is 11.4. The lowest BCUT2D eigenvalue weighted by Gasteiger charge is -2.44. The summed E-state index contributed by atoms with van der Waals surface area (Å²) >= 11 is 0. The summed E-state index contributed by atoms with van der Waals surface area (Å²) in [7, 11) is 0. The van der Waals surface area contributed by atoms with Gasteiger partial charge in [0.1, 0.15) is 30.0 Å². The lowest BCUT2D eigenvalue weighted by Crippen LogP contribution is -2.61. The molecule has 1 unspecified atom stereocenters. The smallest absolute Gasteiger partial charge is 0.335 e. The Balaban J connectivity index is 1.84. The Hall–Kier alpha value is -1.57. The summed E-state index contributed by atoms with van der Waals surface area (Å²) in [5.41, 5.74) is -2.01. The minimum Gasteiger partial charge on any atom is -0.478 e. The average Bonchev–Trinajstić information content (AvgIpc) is 3.01. The van der Waals surface area contributed by atoms with E-state index in [2.05, 4.69) is 0 Å². The maximum Gasteiger partial charge on any atom is 0.335 e. The molecule has 11 nitrogen and oxygen atoms in total. The summed E-state index contributed by atoms with van der Waals surface area (Å²) in [6.07, 6.45) is -5.48. The van der Waals surface area contributed by atoms with Crippen molar-refractivity contribution in [2.75, 3.05) is 13.2 Å². The molecule has 0 saturated carbocycles. The monoisotopic (exact) mass is 390 g/mol. The summed E-state index contributed by atoms with van der Waals surface area (Å²) in [5.74, 6) is -3.20. The standard InChI is InChI=1S/C16H22O11/c17-3-8-10(19)11(20)12(21)15(26-8)27-14-9-6(1-2-16(9,24)5-18)7(4-25-14)13(22)23/h1-2,4,6,8-12,14-15,17-21,24H,3,5H2,(H,22,23)/t6-,8-,9-,10-,11+,12-,14+,15?,16+/m1/s1. The molecule has 0 aromatic heterocycles. The van der Waals surface area contributed by atoms with E-state index in [0.717, 1.165) is 6.26 Å². The number of rotatable bonds is 5. The van der Waals surface area contributed by atoms with Gasteiger partial charge in [-0.2, -0.15) is 0 Å². The largest absolute Gasteiger partial charge is 0.478 e. The minimum absolute atomic E-state index is 0.158. The van der Waals surface area contributed by atoms with Crippen LogP contribution >= 0.6 is 0 Å². The molecule has 3 aliphatic rings. The Bertz CT molecular complexity index is 632. The van der Waals surface area contributed by atoms with Gasteiger partial charge in [-0.15, -0.1) is 0 Å². The summed E-state index contributed by atoms with van der Waals surface area (Å²) in [4.78, 5) is 11.4. The van der Waals surface area contributed by atoms with Crippen LogP contribution in [0.4, 0.5) is 0 Å². The van der Waals surface area contributed by atoms with Gasteiger partial charge < -0.3 is 50.0 Å². The summed E-state index contributed by atoms with van der Waals surface area (Å²) in [6.45, 7) is -1.40. The summed E-state index contributed by atoms with van der Waals surface area (Å²) in [5, 5.41) is 68.4. The molecule has 11 heteroatoms. The molecule has 2 heterocycles. The topological polar surface area (TPSA) is 186 Å². The lowest BCUT2D eigenvalue weighted by atomic mass is 9.79. The second-order valence-electron chi connectivity index (χ2n) is 6.78. The van der Waals surface area contributed by atoms with Crippen LogP contribution in [0.25, 0.3) is 0 Å². The van der Waals surface area contributed by atoms with Crippen LogP contribution in [0, 0.1) is 11.8 Å². The van der Waals surface area contributed by atoms with Crippen molar-refractivity contribution in [3.8, 4) is 0 Å². The van der Waals surface area contributed by atoms with E-state index in [4.69, 9.17) is 14.2 Å². The van der Waals surface area contributed by atoms with Crippen molar-refractivity contribution < 1.29 is 54.8 Å². The van der Waals surface area contributed by atoms with E-state index in [9.17, 15) is 40.5 Å². The van der Waals surface area contributed by atoms with Gasteiger partial charge in [-0.1, -0.05) is 12.2 Å². The highest BCUT2D eigenvalue weighted by molar-refractivity contribution is 5.87. The fourth-order valence-electron chi connectivity index (χ4n) is 3.60. The third-order valence-electron chi connectivity index (χ3n) is 5.15. The molecule has 9 atom stereocenters. The minimum atomic E-state index is -1.85. The molecule has 152 valence electrons. The molecule has 7 N–H and O–H groups in total. The molecule has 0 aromatic carbocycles. The van der Waals surface area contributed by atoms with Crippen molar-refractivity contribution >= 4 is 5.97 Å². The molecule has 1 saturated heterocycles. The first kappa shape index (κ1) is 20.2. The lowest BCUT2D eigenvalue weighted by molar-refractivity contribution is -0.346. The molecule has 27 heavy (non-hydrogen) atoms. The number of hydrogen-bond acceptors (Lipinski definition) is 10. The van der Waals surface area contributed by atoms with Crippen LogP contribution in [0.2, 0.25) is 0 Å². The first-order chi connectivity index (χ1) is 12.7. The normalized spacial score (nSPS) is 46.5. The zero-order chi connectivity index (χ0) is 19.9. The Labute approximate surface area is 153 Å². The van der Waals surface area contributed by atoms with Crippen molar-refractivity contribution in [2.45, 2.75) is 42.6 Å². The van der Waals surface area contributed by atoms with Gasteiger partial charge in [0.05, 0.1) is 31.0 Å². The highest BCUT2D eigenvalue weighted by Gasteiger charge is 2.55. The Morgan fingerprint density at radius 2 is 1.85 bits per heavy atom. The van der Waals surface area contributed by atoms with Crippen LogP contribution in [0.1, 0.15) is 0 Å². The third-order valence-corrected chi connectivity index (χ3v) is 5.15. The highest BCUT2D eigenvalue weighted by atomic mass is 16.8. The Kier molecular flexibility index (Phi) is 5.57. The van der Waals surface area contributed by atoms with Gasteiger partial charge in [0.15, 0.2) is 6.29 Å². The van der Waals surface area contributed by atoms with Gasteiger partial charge in [0.25, 0.3) is 0 Å². The summed E-state index contributed by atoms with van der Waals surface area (Å²) < 4.78 is 16.0. The van der Waals surface area contributed by atoms with Crippen LogP contribution in [0.5, 0.6) is 0 Å². The van der Waals surface area contributed by atoms with Crippen LogP contribution in [0.3, 0.4) is 0 Å². The third kappa shape index (κ3) is 3.37. The van der Waals surface area contributed by atoms with E-state index in [1.165, 1.54) is 12.2 Å². The van der Waals surface area contributed by atoms with Gasteiger partial charge >= 0.3 is 5.97 Å². The van der Waals surface area contributed by atoms with E-state index in [-0.39, 0.29) is 5.57 Å². The number of aliphatic hydroxyl groups excluding tert-OH is 5. The zero-order valence-corrected chi connectivity index (χ0v) is 14.0. The molecular formula is C16H22O11. The van der Waals surface area contributed by atoms with Crippen LogP contribution in [-0.2, 0) is 19.0 Å². The van der Waals surface area contributed by atoms with E-state index in [0.29, 0.717) is 0 Å². The van der Waals surface area contributed by atoms with Gasteiger partial charge in [0, 0.05) is 5.92 Å². The number of ether oxygens (including phenoxy) is 3. The Morgan fingerprint density at radius 1 is 1.15 bits per heavy atom. The van der Waals surface area contributed by atoms with Gasteiger partial charge in [-0.25, -0.2) is 4.79 Å². The van der Waals surface area contributed by atoms with Crippen molar-refractivity contribution in [1.29, 1.82) is 0 Å². The molecule has 3 rings (SSSR count). The number of carboxylic acids is 1. The van der Waals surface area contributed by atoms with E-state index in [1.807, 2.05) is 0 Å². The van der Waals surface area contributed by atoms with Crippen molar-refractivity contribution in [3.05, 3.63) is 24.0 Å². The number of aliphatic carboxylic acids is 1. The Morgan fingerprint density at radius 3 is 2.44 bits per heavy atom. The SMILES string of the molecule is O=C(O)C1=CO[C@@H](OC2O[C@H](CO)[C@@H](O)[C@H](O)[C@H]2O)[C@H]2[C@@H]1C=C[C@]2(O)CO. The van der Waals surface area contributed by atoms with Gasteiger partial charge in [0.2, 0.25) is 6.29 Å². The molecule has 0 radical (unpaired) electrons. The van der Waals surface area contributed by atoms with E-state index in [1.54, 1.807) is 0 Å². The molecule has 2 aliphatic heterocycles. The van der Waals surface area contributed by atoms with Crippen LogP contribution < -0.4 is 0 Å².